The normalized spacial score (nSPS) is 15.9. The van der Waals surface area contributed by atoms with Crippen molar-refractivity contribution in [3.05, 3.63) is 35.4 Å². The summed E-state index contributed by atoms with van der Waals surface area (Å²) in [5.41, 5.74) is 3.03. The topological polar surface area (TPSA) is 116 Å². The summed E-state index contributed by atoms with van der Waals surface area (Å²) in [5.74, 6) is -0.275. The molecule has 4 atom stereocenters. The van der Waals surface area contributed by atoms with E-state index in [1.807, 2.05) is 26.8 Å². The molecule has 0 aromatic heterocycles. The monoisotopic (exact) mass is 421 g/mol. The number of phenolic OH excluding ortho intramolecular Hbond substituents is 1. The molecule has 0 amide bonds. The molecule has 7 heteroatoms. The second-order valence-electron chi connectivity index (χ2n) is 9.11. The minimum Gasteiger partial charge on any atom is -0.508 e. The Hall–Kier alpha value is -2.18. The van der Waals surface area contributed by atoms with Gasteiger partial charge in [-0.15, -0.1) is 0 Å². The number of aliphatic hydroxyl groups excluding tert-OH is 1. The molecule has 7 nitrogen and oxygen atoms in total. The van der Waals surface area contributed by atoms with E-state index in [0.717, 1.165) is 5.56 Å². The number of hydroxylamine groups is 1. The Kier molecular flexibility index (Phi) is 9.72. The molecule has 0 aliphatic carbocycles. The van der Waals surface area contributed by atoms with Crippen LogP contribution in [0.3, 0.4) is 0 Å². The molecule has 0 fully saturated rings. The van der Waals surface area contributed by atoms with E-state index in [4.69, 9.17) is 4.84 Å². The summed E-state index contributed by atoms with van der Waals surface area (Å²) in [4.78, 5) is 28.5. The molecule has 0 radical (unpaired) electrons. The molecule has 1 aromatic rings. The number of hydrogen-bond donors (Lipinski definition) is 4. The number of aliphatic hydroxyl groups is 1. The number of benzene rings is 1. The molecule has 0 bridgehead atoms. The zero-order valence-electron chi connectivity index (χ0n) is 18.7. The van der Waals surface area contributed by atoms with Gasteiger partial charge < -0.3 is 15.3 Å². The van der Waals surface area contributed by atoms with Gasteiger partial charge >= 0.3 is 5.97 Å². The smallest absolute Gasteiger partial charge is 0.311 e. The highest BCUT2D eigenvalue weighted by atomic mass is 16.7. The Balaban J connectivity index is 3.14. The fourth-order valence-electron chi connectivity index (χ4n) is 3.15. The number of aromatic hydroxyl groups is 1. The molecule has 0 saturated heterocycles. The first kappa shape index (κ1) is 25.9. The van der Waals surface area contributed by atoms with Crippen LogP contribution in [0.4, 0.5) is 0 Å². The van der Waals surface area contributed by atoms with Crippen LogP contribution in [-0.4, -0.2) is 45.0 Å². The number of carbonyl (C=O) groups excluding carboxylic acids is 1. The van der Waals surface area contributed by atoms with E-state index in [9.17, 15) is 24.9 Å². The molecule has 0 saturated carbocycles. The summed E-state index contributed by atoms with van der Waals surface area (Å²) in [6.45, 7) is 11.0. The lowest BCUT2D eigenvalue weighted by Gasteiger charge is -2.33. The van der Waals surface area contributed by atoms with Crippen molar-refractivity contribution in [3.8, 4) is 5.75 Å². The van der Waals surface area contributed by atoms with Crippen LogP contribution in [0.25, 0.3) is 0 Å². The van der Waals surface area contributed by atoms with Crippen LogP contribution in [0.5, 0.6) is 5.75 Å². The van der Waals surface area contributed by atoms with Crippen LogP contribution in [-0.2, 0) is 20.8 Å². The van der Waals surface area contributed by atoms with E-state index in [2.05, 4.69) is 19.3 Å². The maximum absolute atomic E-state index is 11.5. The molecule has 0 aliphatic heterocycles. The van der Waals surface area contributed by atoms with Crippen molar-refractivity contribution in [2.24, 2.45) is 17.8 Å². The van der Waals surface area contributed by atoms with E-state index in [1.165, 1.54) is 6.92 Å². The first-order valence-corrected chi connectivity index (χ1v) is 10.2. The molecule has 0 spiro atoms. The van der Waals surface area contributed by atoms with Gasteiger partial charge in [-0.2, -0.15) is 5.48 Å². The first-order valence-electron chi connectivity index (χ1n) is 10.2. The fourth-order valence-corrected chi connectivity index (χ4v) is 3.15. The second kappa shape index (κ2) is 11.3. The zero-order valence-corrected chi connectivity index (χ0v) is 18.7. The third-order valence-electron chi connectivity index (χ3n) is 5.08. The summed E-state index contributed by atoms with van der Waals surface area (Å²) in [6, 6.07) is 6.28. The predicted octanol–water partition coefficient (Wildman–Crippen LogP) is 3.12. The predicted molar refractivity (Wildman–Crippen MR) is 115 cm³/mol. The van der Waals surface area contributed by atoms with Gasteiger partial charge in [0.05, 0.1) is 23.1 Å². The first-order chi connectivity index (χ1) is 13.9. The third kappa shape index (κ3) is 8.28. The van der Waals surface area contributed by atoms with Crippen LogP contribution in [0.1, 0.15) is 53.5 Å². The lowest BCUT2D eigenvalue weighted by atomic mass is 9.81. The van der Waals surface area contributed by atoms with Gasteiger partial charge in [0.15, 0.2) is 0 Å². The van der Waals surface area contributed by atoms with Crippen LogP contribution >= 0.6 is 0 Å². The van der Waals surface area contributed by atoms with Crippen molar-refractivity contribution in [1.29, 1.82) is 0 Å². The molecule has 1 rings (SSSR count). The molecular formula is C23H35NO6. The van der Waals surface area contributed by atoms with E-state index in [0.29, 0.717) is 12.8 Å². The SMILES string of the molecule is CC(C)[C@@H](Cc1cccc(O)c1)C[C@H](NOC(C)(C)C)[C@@H](O)C(=C=O)[C@@H](C)C(=O)O. The lowest BCUT2D eigenvalue weighted by molar-refractivity contribution is -0.140. The summed E-state index contributed by atoms with van der Waals surface area (Å²) in [6.07, 6.45) is -0.315. The van der Waals surface area contributed by atoms with Crippen molar-refractivity contribution >= 4 is 11.9 Å². The number of carbonyl (C=O) groups is 1. The van der Waals surface area contributed by atoms with Gasteiger partial charge in [-0.25, -0.2) is 4.79 Å². The maximum Gasteiger partial charge on any atom is 0.311 e. The quantitative estimate of drug-likeness (QED) is 0.320. The molecule has 168 valence electrons. The number of hydrogen-bond acceptors (Lipinski definition) is 6. The van der Waals surface area contributed by atoms with Crippen molar-refractivity contribution in [3.63, 3.8) is 0 Å². The van der Waals surface area contributed by atoms with Gasteiger partial charge in [-0.3, -0.25) is 9.63 Å². The Bertz CT molecular complexity index is 748. The minimum atomic E-state index is -1.37. The number of aliphatic carboxylic acids is 1. The van der Waals surface area contributed by atoms with Crippen molar-refractivity contribution < 1.29 is 29.7 Å². The Labute approximate surface area is 178 Å². The van der Waals surface area contributed by atoms with Crippen molar-refractivity contribution in [2.45, 2.75) is 72.1 Å². The Morgan fingerprint density at radius 2 is 1.87 bits per heavy atom. The van der Waals surface area contributed by atoms with Crippen molar-refractivity contribution in [2.75, 3.05) is 0 Å². The largest absolute Gasteiger partial charge is 0.508 e. The summed E-state index contributed by atoms with van der Waals surface area (Å²) < 4.78 is 0. The van der Waals surface area contributed by atoms with Gasteiger partial charge in [0.2, 0.25) is 0 Å². The van der Waals surface area contributed by atoms with Crippen LogP contribution in [0, 0.1) is 17.8 Å². The molecule has 4 N–H and O–H groups in total. The van der Waals surface area contributed by atoms with Gasteiger partial charge in [0.1, 0.15) is 17.8 Å². The van der Waals surface area contributed by atoms with E-state index < -0.39 is 29.6 Å². The number of phenols is 1. The van der Waals surface area contributed by atoms with E-state index >= 15 is 0 Å². The van der Waals surface area contributed by atoms with Crippen LogP contribution < -0.4 is 5.48 Å². The number of carboxylic acid groups (broad SMARTS) is 1. The van der Waals surface area contributed by atoms with Gasteiger partial charge in [0, 0.05) is 0 Å². The van der Waals surface area contributed by atoms with Crippen molar-refractivity contribution in [1.82, 2.24) is 5.48 Å². The number of nitrogens with one attached hydrogen (secondary N) is 1. The molecule has 1 aromatic carbocycles. The van der Waals surface area contributed by atoms with E-state index in [1.54, 1.807) is 24.1 Å². The summed E-state index contributed by atoms with van der Waals surface area (Å²) in [5, 5.41) is 29.9. The van der Waals surface area contributed by atoms with Gasteiger partial charge in [0.25, 0.3) is 0 Å². The number of rotatable bonds is 11. The maximum atomic E-state index is 11.5. The van der Waals surface area contributed by atoms with Crippen LogP contribution in [0.15, 0.2) is 29.8 Å². The van der Waals surface area contributed by atoms with E-state index in [-0.39, 0.29) is 23.2 Å². The molecule has 0 heterocycles. The molecule has 30 heavy (non-hydrogen) atoms. The average molecular weight is 422 g/mol. The highest BCUT2D eigenvalue weighted by Gasteiger charge is 2.34. The summed E-state index contributed by atoms with van der Waals surface area (Å²) in [7, 11) is 0. The van der Waals surface area contributed by atoms with Crippen LogP contribution in [0.2, 0.25) is 0 Å². The fraction of sp³-hybridized carbons (Fsp3) is 0.609. The molecule has 0 unspecified atom stereocenters. The Morgan fingerprint density at radius 3 is 2.33 bits per heavy atom. The number of carboxylic acids is 1. The van der Waals surface area contributed by atoms with Gasteiger partial charge in [-0.05, 0) is 70.1 Å². The molecular weight excluding hydrogens is 386 g/mol. The highest BCUT2D eigenvalue weighted by Crippen LogP contribution is 2.27. The average Bonchev–Trinajstić information content (AvgIpc) is 2.63. The lowest BCUT2D eigenvalue weighted by Crippen LogP contribution is -2.47. The summed E-state index contributed by atoms with van der Waals surface area (Å²) >= 11 is 0. The standard InChI is InChI=1S/C23H35NO6/c1-14(2)17(10-16-8-7-9-18(26)11-16)12-20(24-30-23(4,5)6)21(27)19(13-25)15(3)22(28)29/h7-9,11,14-15,17,20-21,24,26-27H,10,12H2,1-6H3,(H,28,29)/t15-,17+,20+,21+/m1/s1. The Morgan fingerprint density at radius 1 is 1.23 bits per heavy atom. The third-order valence-corrected chi connectivity index (χ3v) is 5.08. The highest BCUT2D eigenvalue weighted by molar-refractivity contribution is 5.77. The zero-order chi connectivity index (χ0) is 23.1. The van der Waals surface area contributed by atoms with Gasteiger partial charge in [-0.1, -0.05) is 26.0 Å². The second-order valence-corrected chi connectivity index (χ2v) is 9.11. The molecule has 0 aliphatic rings. The minimum absolute atomic E-state index is 0.0653.